The number of carbonyl (C=O) groups is 1. The standard InChI is InChI=1S/C6H6BrClN2O/c7-6(8)2-1-3-10-4(6)5(9)11/h1-4H,(H2,9,11). The largest absolute Gasteiger partial charge is 0.368 e. The maximum atomic E-state index is 10.7. The van der Waals surface area contributed by atoms with E-state index in [2.05, 4.69) is 20.9 Å². The lowest BCUT2D eigenvalue weighted by molar-refractivity contribution is -0.119. The van der Waals surface area contributed by atoms with E-state index >= 15 is 0 Å². The van der Waals surface area contributed by atoms with Gasteiger partial charge in [0, 0.05) is 6.21 Å². The van der Waals surface area contributed by atoms with E-state index in [0.29, 0.717) is 0 Å². The van der Waals surface area contributed by atoms with Gasteiger partial charge in [0.25, 0.3) is 0 Å². The summed E-state index contributed by atoms with van der Waals surface area (Å²) in [6, 6.07) is -0.728. The summed E-state index contributed by atoms with van der Waals surface area (Å²) < 4.78 is -0.951. The number of rotatable bonds is 1. The summed E-state index contributed by atoms with van der Waals surface area (Å²) in [5.41, 5.74) is 5.04. The van der Waals surface area contributed by atoms with E-state index in [4.69, 9.17) is 17.3 Å². The fourth-order valence-electron chi connectivity index (χ4n) is 0.761. The van der Waals surface area contributed by atoms with Crippen LogP contribution in [-0.2, 0) is 4.79 Å². The van der Waals surface area contributed by atoms with Gasteiger partial charge >= 0.3 is 0 Å². The second-order valence-corrected chi connectivity index (χ2v) is 4.53. The molecule has 5 heteroatoms. The average molecular weight is 237 g/mol. The first-order valence-electron chi connectivity index (χ1n) is 2.92. The maximum Gasteiger partial charge on any atom is 0.245 e. The molecule has 0 aromatic heterocycles. The second kappa shape index (κ2) is 2.95. The average Bonchev–Trinajstić information content (AvgIpc) is 1.85. The van der Waals surface area contributed by atoms with Gasteiger partial charge in [-0.3, -0.25) is 9.79 Å². The van der Waals surface area contributed by atoms with Gasteiger partial charge in [0.2, 0.25) is 5.91 Å². The Hall–Kier alpha value is -0.350. The number of dihydropyridines is 1. The molecule has 1 aliphatic rings. The highest BCUT2D eigenvalue weighted by Gasteiger charge is 2.36. The number of halogens is 2. The molecule has 2 atom stereocenters. The molecule has 0 radical (unpaired) electrons. The minimum absolute atomic E-state index is 0.544. The Morgan fingerprint density at radius 3 is 2.82 bits per heavy atom. The number of hydrogen-bond donors (Lipinski definition) is 1. The number of nitrogens with two attached hydrogens (primary N) is 1. The number of allylic oxidation sites excluding steroid dienone is 1. The normalized spacial score (nSPS) is 35.6. The van der Waals surface area contributed by atoms with E-state index in [0.717, 1.165) is 0 Å². The van der Waals surface area contributed by atoms with E-state index in [-0.39, 0.29) is 0 Å². The maximum absolute atomic E-state index is 10.7. The fourth-order valence-corrected chi connectivity index (χ4v) is 1.49. The number of aliphatic imine (C=N–C) groups is 1. The van der Waals surface area contributed by atoms with Gasteiger partial charge in [-0.05, 0) is 12.2 Å². The summed E-state index contributed by atoms with van der Waals surface area (Å²) in [6.45, 7) is 0. The third kappa shape index (κ3) is 1.81. The minimum atomic E-state index is -0.951. The minimum Gasteiger partial charge on any atom is -0.368 e. The molecule has 0 aliphatic carbocycles. The smallest absolute Gasteiger partial charge is 0.245 e. The highest BCUT2D eigenvalue weighted by molar-refractivity contribution is 9.10. The summed E-state index contributed by atoms with van der Waals surface area (Å²) in [6.07, 6.45) is 4.77. The highest BCUT2D eigenvalue weighted by atomic mass is 79.9. The summed E-state index contributed by atoms with van der Waals surface area (Å²) in [5.74, 6) is -0.544. The molecule has 2 unspecified atom stereocenters. The summed E-state index contributed by atoms with van der Waals surface area (Å²) in [5, 5.41) is 0. The van der Waals surface area contributed by atoms with Crippen molar-refractivity contribution in [3.8, 4) is 0 Å². The van der Waals surface area contributed by atoms with Crippen LogP contribution in [0.2, 0.25) is 0 Å². The van der Waals surface area contributed by atoms with E-state index in [1.54, 1.807) is 12.2 Å². The monoisotopic (exact) mass is 236 g/mol. The SMILES string of the molecule is NC(=O)C1N=CC=CC1(Cl)Br. The van der Waals surface area contributed by atoms with Crippen molar-refractivity contribution < 1.29 is 4.79 Å². The molecule has 1 aliphatic heterocycles. The Morgan fingerprint density at radius 1 is 1.82 bits per heavy atom. The highest BCUT2D eigenvalue weighted by Crippen LogP contribution is 2.32. The van der Waals surface area contributed by atoms with Gasteiger partial charge in [0.05, 0.1) is 0 Å². The molecule has 0 spiro atoms. The van der Waals surface area contributed by atoms with Crippen LogP contribution in [0.25, 0.3) is 0 Å². The molecule has 60 valence electrons. The molecule has 2 N–H and O–H groups in total. The molecule has 0 saturated carbocycles. The van der Waals surface area contributed by atoms with E-state index in [9.17, 15) is 4.79 Å². The quantitative estimate of drug-likeness (QED) is 0.674. The number of nitrogens with zero attached hydrogens (tertiary/aromatic N) is 1. The number of alkyl halides is 2. The molecule has 11 heavy (non-hydrogen) atoms. The van der Waals surface area contributed by atoms with Crippen molar-refractivity contribution in [2.75, 3.05) is 0 Å². The number of hydrogen-bond acceptors (Lipinski definition) is 2. The first-order chi connectivity index (χ1) is 5.04. The third-order valence-electron chi connectivity index (χ3n) is 1.27. The molecule has 0 bridgehead atoms. The van der Waals surface area contributed by atoms with Gasteiger partial charge in [-0.15, -0.1) is 0 Å². The zero-order valence-corrected chi connectivity index (χ0v) is 7.84. The van der Waals surface area contributed by atoms with Gasteiger partial charge in [0.1, 0.15) is 3.78 Å². The van der Waals surface area contributed by atoms with Crippen molar-refractivity contribution in [2.24, 2.45) is 10.7 Å². The topological polar surface area (TPSA) is 55.5 Å². The molecule has 1 heterocycles. The van der Waals surface area contributed by atoms with E-state index in [1.165, 1.54) is 6.21 Å². The van der Waals surface area contributed by atoms with Gasteiger partial charge in [-0.2, -0.15) is 0 Å². The summed E-state index contributed by atoms with van der Waals surface area (Å²) in [7, 11) is 0. The predicted molar refractivity (Wildman–Crippen MR) is 48.1 cm³/mol. The molecular formula is C6H6BrClN2O. The van der Waals surface area contributed by atoms with Gasteiger partial charge in [-0.25, -0.2) is 0 Å². The lowest BCUT2D eigenvalue weighted by Crippen LogP contribution is -2.40. The van der Waals surface area contributed by atoms with Crippen molar-refractivity contribution in [3.63, 3.8) is 0 Å². The van der Waals surface area contributed by atoms with Crippen molar-refractivity contribution in [2.45, 2.75) is 9.83 Å². The molecular weight excluding hydrogens is 231 g/mol. The van der Waals surface area contributed by atoms with Crippen LogP contribution in [-0.4, -0.2) is 21.9 Å². The molecule has 1 rings (SSSR count). The number of amides is 1. The van der Waals surface area contributed by atoms with Crippen LogP contribution >= 0.6 is 27.5 Å². The van der Waals surface area contributed by atoms with Crippen LogP contribution in [0.3, 0.4) is 0 Å². The van der Waals surface area contributed by atoms with Crippen molar-refractivity contribution in [3.05, 3.63) is 12.2 Å². The number of primary amides is 1. The Labute approximate surface area is 77.4 Å². The third-order valence-corrected chi connectivity index (χ3v) is 2.30. The first kappa shape index (κ1) is 8.74. The van der Waals surface area contributed by atoms with E-state index < -0.39 is 15.7 Å². The van der Waals surface area contributed by atoms with Crippen LogP contribution in [0.4, 0.5) is 0 Å². The van der Waals surface area contributed by atoms with Crippen LogP contribution in [0.1, 0.15) is 0 Å². The van der Waals surface area contributed by atoms with Gasteiger partial charge in [-0.1, -0.05) is 27.5 Å². The molecule has 1 amide bonds. The Kier molecular flexibility index (Phi) is 2.34. The first-order valence-corrected chi connectivity index (χ1v) is 4.09. The van der Waals surface area contributed by atoms with Crippen LogP contribution in [0.15, 0.2) is 17.1 Å². The van der Waals surface area contributed by atoms with Crippen LogP contribution in [0, 0.1) is 0 Å². The predicted octanol–water partition coefficient (Wildman–Crippen LogP) is 0.811. The summed E-state index contributed by atoms with van der Waals surface area (Å²) in [4.78, 5) is 14.5. The molecule has 3 nitrogen and oxygen atoms in total. The van der Waals surface area contributed by atoms with Gasteiger partial charge in [0.15, 0.2) is 6.04 Å². The molecule has 0 aromatic carbocycles. The zero-order valence-electron chi connectivity index (χ0n) is 5.50. The molecule has 0 saturated heterocycles. The van der Waals surface area contributed by atoms with Crippen molar-refractivity contribution >= 4 is 39.7 Å². The van der Waals surface area contributed by atoms with Crippen molar-refractivity contribution in [1.82, 2.24) is 0 Å². The second-order valence-electron chi connectivity index (χ2n) is 2.14. The lowest BCUT2D eigenvalue weighted by Gasteiger charge is -2.22. The summed E-state index contributed by atoms with van der Waals surface area (Å²) >= 11 is 8.97. The van der Waals surface area contributed by atoms with Crippen LogP contribution < -0.4 is 5.73 Å². The number of carbonyl (C=O) groups excluding carboxylic acids is 1. The fraction of sp³-hybridized carbons (Fsp3) is 0.333. The molecule has 0 fully saturated rings. The Morgan fingerprint density at radius 2 is 2.45 bits per heavy atom. The van der Waals surface area contributed by atoms with Crippen LogP contribution in [0.5, 0.6) is 0 Å². The Balaban J connectivity index is 2.89. The lowest BCUT2D eigenvalue weighted by atomic mass is 10.1. The van der Waals surface area contributed by atoms with Crippen molar-refractivity contribution in [1.29, 1.82) is 0 Å². The molecule has 0 aromatic rings. The Bertz CT molecular complexity index is 237. The van der Waals surface area contributed by atoms with Gasteiger partial charge < -0.3 is 5.73 Å². The van der Waals surface area contributed by atoms with E-state index in [1.807, 2.05) is 0 Å². The zero-order chi connectivity index (χ0) is 8.48.